The molecule has 0 aromatic heterocycles. The zero-order chi connectivity index (χ0) is 12.8. The first-order valence-corrected chi connectivity index (χ1v) is 6.02. The first-order chi connectivity index (χ1) is 7.32. The van der Waals surface area contributed by atoms with E-state index in [1.54, 1.807) is 6.92 Å². The maximum atomic E-state index is 11.1. The molecule has 9 nitrogen and oxygen atoms in total. The quantitative estimate of drug-likeness (QED) is 0.199. The second kappa shape index (κ2) is 6.47. The summed E-state index contributed by atoms with van der Waals surface area (Å²) in [4.78, 5) is 31.0. The number of hydrogen-bond donors (Lipinski definition) is 3. The molecule has 0 fully saturated rings. The highest BCUT2D eigenvalue weighted by molar-refractivity contribution is 7.52. The van der Waals surface area contributed by atoms with Crippen molar-refractivity contribution in [1.82, 2.24) is 0 Å². The van der Waals surface area contributed by atoms with Gasteiger partial charge in [-0.05, 0) is 18.9 Å². The van der Waals surface area contributed by atoms with Gasteiger partial charge in [0.15, 0.2) is 0 Å². The molecule has 2 atom stereocenters. The van der Waals surface area contributed by atoms with E-state index in [0.29, 0.717) is 0 Å². The van der Waals surface area contributed by atoms with Gasteiger partial charge in [0, 0.05) is 4.91 Å². The van der Waals surface area contributed by atoms with E-state index in [9.17, 15) is 9.36 Å². The summed E-state index contributed by atoms with van der Waals surface area (Å²) in [7, 11) is -4.61. The summed E-state index contributed by atoms with van der Waals surface area (Å²) >= 11 is 0. The van der Waals surface area contributed by atoms with Gasteiger partial charge in [0.1, 0.15) is 11.8 Å². The maximum absolute atomic E-state index is 11.1. The maximum Gasteiger partial charge on any atom is 0.334 e. The number of carbonyl (C=O) groups excluding carboxylic acids is 1. The SMILES string of the molecule is CCOC(=O)[C@@H](N)C[C@@H](N=[N+]=[N-])P(=O)(O)O. The van der Waals surface area contributed by atoms with Crippen LogP contribution in [-0.4, -0.2) is 34.2 Å². The van der Waals surface area contributed by atoms with Gasteiger partial charge in [-0.15, -0.1) is 0 Å². The zero-order valence-corrected chi connectivity index (χ0v) is 9.45. The molecule has 16 heavy (non-hydrogen) atoms. The molecule has 0 aromatic carbocycles. The molecule has 0 saturated heterocycles. The van der Waals surface area contributed by atoms with Gasteiger partial charge in [0.25, 0.3) is 0 Å². The third kappa shape index (κ3) is 5.11. The van der Waals surface area contributed by atoms with Gasteiger partial charge in [-0.3, -0.25) is 9.36 Å². The highest BCUT2D eigenvalue weighted by Crippen LogP contribution is 2.44. The highest BCUT2D eigenvalue weighted by atomic mass is 31.2. The average molecular weight is 252 g/mol. The van der Waals surface area contributed by atoms with Crippen LogP contribution in [0, 0.1) is 0 Å². The summed E-state index contributed by atoms with van der Waals surface area (Å²) in [6, 6.07) is -1.23. The van der Waals surface area contributed by atoms with Crippen LogP contribution < -0.4 is 5.73 Å². The highest BCUT2D eigenvalue weighted by Gasteiger charge is 2.32. The molecule has 0 radical (unpaired) electrons. The fourth-order valence-electron chi connectivity index (χ4n) is 0.884. The Bertz CT molecular complexity index is 336. The standard InChI is InChI=1S/C6H13N4O5P/c1-2-15-6(11)4(7)3-5(9-10-8)16(12,13)14/h4-5H,2-3,7H2,1H3,(H2,12,13,14)/t4-,5-/m0/s1. The number of esters is 1. The third-order valence-corrected chi connectivity index (χ3v) is 2.72. The predicted octanol–water partition coefficient (Wildman–Crippen LogP) is 0.0810. The van der Waals surface area contributed by atoms with Crippen LogP contribution in [-0.2, 0) is 14.1 Å². The minimum atomic E-state index is -4.61. The number of azide groups is 1. The van der Waals surface area contributed by atoms with Gasteiger partial charge in [-0.25, -0.2) is 0 Å². The first-order valence-electron chi connectivity index (χ1n) is 4.34. The first kappa shape index (κ1) is 14.9. The van der Waals surface area contributed by atoms with Gasteiger partial charge >= 0.3 is 13.6 Å². The van der Waals surface area contributed by atoms with Crippen LogP contribution >= 0.6 is 7.60 Å². The summed E-state index contributed by atoms with van der Waals surface area (Å²) in [6.07, 6.45) is -0.465. The lowest BCUT2D eigenvalue weighted by Gasteiger charge is -2.16. The van der Waals surface area contributed by atoms with Crippen LogP contribution in [0.5, 0.6) is 0 Å². The van der Waals surface area contributed by atoms with Crippen molar-refractivity contribution in [2.75, 3.05) is 6.61 Å². The Morgan fingerprint density at radius 1 is 1.69 bits per heavy atom. The molecule has 10 heteroatoms. The molecule has 0 aliphatic heterocycles. The van der Waals surface area contributed by atoms with Crippen molar-refractivity contribution < 1.29 is 23.9 Å². The van der Waals surface area contributed by atoms with Gasteiger partial charge in [0.05, 0.1) is 6.61 Å². The van der Waals surface area contributed by atoms with E-state index in [-0.39, 0.29) is 6.61 Å². The van der Waals surface area contributed by atoms with Crippen molar-refractivity contribution in [1.29, 1.82) is 0 Å². The fraction of sp³-hybridized carbons (Fsp3) is 0.833. The van der Waals surface area contributed by atoms with Crippen LogP contribution in [0.2, 0.25) is 0 Å². The van der Waals surface area contributed by atoms with E-state index in [4.69, 9.17) is 21.1 Å². The average Bonchev–Trinajstić information content (AvgIpc) is 2.15. The van der Waals surface area contributed by atoms with Crippen molar-refractivity contribution in [3.63, 3.8) is 0 Å². The van der Waals surface area contributed by atoms with Crippen molar-refractivity contribution in [2.45, 2.75) is 25.2 Å². The number of hydrogen-bond acceptors (Lipinski definition) is 5. The predicted molar refractivity (Wildman–Crippen MR) is 54.2 cm³/mol. The Balaban J connectivity index is 4.59. The molecule has 0 spiro atoms. The van der Waals surface area contributed by atoms with E-state index in [1.165, 1.54) is 0 Å². The molecule has 0 saturated carbocycles. The number of nitrogens with two attached hydrogens (primary N) is 1. The third-order valence-electron chi connectivity index (χ3n) is 1.63. The number of carbonyl (C=O) groups is 1. The van der Waals surface area contributed by atoms with E-state index < -0.39 is 31.8 Å². The van der Waals surface area contributed by atoms with Gasteiger partial charge in [-0.1, -0.05) is 5.11 Å². The normalized spacial score (nSPS) is 14.8. The number of nitrogens with zero attached hydrogens (tertiary/aromatic N) is 3. The van der Waals surface area contributed by atoms with Crippen molar-refractivity contribution in [3.05, 3.63) is 10.4 Å². The molecule has 0 rings (SSSR count). The molecule has 0 bridgehead atoms. The summed E-state index contributed by atoms with van der Waals surface area (Å²) in [5, 5.41) is 2.91. The lowest BCUT2D eigenvalue weighted by molar-refractivity contribution is -0.144. The molecular formula is C6H13N4O5P. The molecule has 4 N–H and O–H groups in total. The lowest BCUT2D eigenvalue weighted by Crippen LogP contribution is -2.35. The monoisotopic (exact) mass is 252 g/mol. The van der Waals surface area contributed by atoms with E-state index in [0.717, 1.165) is 0 Å². The number of rotatable bonds is 6. The summed E-state index contributed by atoms with van der Waals surface area (Å²) in [6.45, 7) is 1.67. The van der Waals surface area contributed by atoms with Crippen LogP contribution in [0.3, 0.4) is 0 Å². The van der Waals surface area contributed by atoms with Crippen LogP contribution in [0.1, 0.15) is 13.3 Å². The van der Waals surface area contributed by atoms with Crippen LogP contribution in [0.4, 0.5) is 0 Å². The zero-order valence-electron chi connectivity index (χ0n) is 8.55. The lowest BCUT2D eigenvalue weighted by atomic mass is 10.2. The smallest absolute Gasteiger partial charge is 0.334 e. The minimum Gasteiger partial charge on any atom is -0.465 e. The number of ether oxygens (including phenoxy) is 1. The van der Waals surface area contributed by atoms with Crippen LogP contribution in [0.15, 0.2) is 5.11 Å². The van der Waals surface area contributed by atoms with Gasteiger partial charge in [-0.2, -0.15) is 0 Å². The van der Waals surface area contributed by atoms with Gasteiger partial charge < -0.3 is 20.3 Å². The Hall–Kier alpha value is -1.11. The molecule has 0 aliphatic carbocycles. The second-order valence-corrected chi connectivity index (χ2v) is 4.64. The minimum absolute atomic E-state index is 0.106. The summed E-state index contributed by atoms with van der Waals surface area (Å²) < 4.78 is 15.4. The second-order valence-electron chi connectivity index (χ2n) is 2.87. The van der Waals surface area contributed by atoms with E-state index in [2.05, 4.69) is 14.8 Å². The van der Waals surface area contributed by atoms with Crippen molar-refractivity contribution in [3.8, 4) is 0 Å². The fourth-order valence-corrected chi connectivity index (χ4v) is 1.57. The molecule has 0 heterocycles. The summed E-state index contributed by atoms with van der Waals surface area (Å²) in [5.41, 5.74) is 13.4. The van der Waals surface area contributed by atoms with Gasteiger partial charge in [0.2, 0.25) is 0 Å². The Morgan fingerprint density at radius 3 is 2.62 bits per heavy atom. The Labute approximate surface area is 91.4 Å². The molecule has 0 aromatic rings. The van der Waals surface area contributed by atoms with E-state index >= 15 is 0 Å². The Morgan fingerprint density at radius 2 is 2.25 bits per heavy atom. The molecule has 92 valence electrons. The molecular weight excluding hydrogens is 239 g/mol. The van der Waals surface area contributed by atoms with Crippen molar-refractivity contribution in [2.24, 2.45) is 10.8 Å². The Kier molecular flexibility index (Phi) is 6.02. The summed E-state index contributed by atoms with van der Waals surface area (Å²) in [5.74, 6) is -2.45. The van der Waals surface area contributed by atoms with Crippen LogP contribution in [0.25, 0.3) is 10.4 Å². The molecule has 0 amide bonds. The van der Waals surface area contributed by atoms with E-state index in [1.807, 2.05) is 0 Å². The largest absolute Gasteiger partial charge is 0.465 e. The molecule has 0 unspecified atom stereocenters. The topological polar surface area (TPSA) is 159 Å². The van der Waals surface area contributed by atoms with Crippen molar-refractivity contribution >= 4 is 13.6 Å². The molecule has 0 aliphatic rings.